The number of rotatable bonds is 8. The predicted octanol–water partition coefficient (Wildman–Crippen LogP) is 3.48. The van der Waals surface area contributed by atoms with Crippen molar-refractivity contribution >= 4 is 11.7 Å². The van der Waals surface area contributed by atoms with Gasteiger partial charge in [-0.15, -0.1) is 6.58 Å². The Morgan fingerprint density at radius 2 is 1.80 bits per heavy atom. The lowest BCUT2D eigenvalue weighted by atomic mass is 9.73. The fraction of sp³-hybridized carbons (Fsp3) is 0.765. The predicted molar refractivity (Wildman–Crippen MR) is 82.0 cm³/mol. The Labute approximate surface area is 123 Å². The van der Waals surface area contributed by atoms with Crippen molar-refractivity contribution in [1.82, 2.24) is 0 Å². The number of nitrogens with two attached hydrogens (primary N) is 1. The fourth-order valence-corrected chi connectivity index (χ4v) is 2.71. The maximum absolute atomic E-state index is 12.7. The van der Waals surface area contributed by atoms with E-state index in [4.69, 9.17) is 5.73 Å². The zero-order chi connectivity index (χ0) is 15.5. The van der Waals surface area contributed by atoms with Crippen LogP contribution in [0.25, 0.3) is 0 Å². The van der Waals surface area contributed by atoms with E-state index in [1.165, 1.54) is 12.8 Å². The van der Waals surface area contributed by atoms with Crippen molar-refractivity contribution in [3.05, 3.63) is 12.2 Å². The van der Waals surface area contributed by atoms with Gasteiger partial charge in [-0.2, -0.15) is 0 Å². The topological polar surface area (TPSA) is 60.2 Å². The lowest BCUT2D eigenvalue weighted by Crippen LogP contribution is -2.39. The van der Waals surface area contributed by atoms with Crippen molar-refractivity contribution in [2.45, 2.75) is 59.8 Å². The molecule has 0 spiro atoms. The van der Waals surface area contributed by atoms with Crippen LogP contribution in [0.3, 0.4) is 0 Å². The van der Waals surface area contributed by atoms with Crippen LogP contribution in [0.4, 0.5) is 0 Å². The third kappa shape index (κ3) is 5.10. The van der Waals surface area contributed by atoms with E-state index in [9.17, 15) is 9.59 Å². The number of hydrogen-bond acceptors (Lipinski definition) is 2. The Bertz CT molecular complexity index is 388. The van der Waals surface area contributed by atoms with Crippen LogP contribution in [0, 0.1) is 23.2 Å². The summed E-state index contributed by atoms with van der Waals surface area (Å²) in [6, 6.07) is 0. The molecule has 1 aliphatic rings. The number of primary amides is 1. The van der Waals surface area contributed by atoms with E-state index >= 15 is 0 Å². The molecule has 2 atom stereocenters. The molecule has 0 aromatic rings. The molecule has 1 amide bonds. The van der Waals surface area contributed by atoms with Crippen LogP contribution in [0.1, 0.15) is 59.8 Å². The first-order valence-electron chi connectivity index (χ1n) is 7.61. The second kappa shape index (κ2) is 6.55. The normalized spacial score (nSPS) is 18.4. The van der Waals surface area contributed by atoms with E-state index in [0.717, 1.165) is 24.3 Å². The fourth-order valence-electron chi connectivity index (χ4n) is 2.71. The number of carbonyl (C=O) groups excluding carboxylic acids is 2. The Kier molecular flexibility index (Phi) is 5.55. The number of hydrogen-bond donors (Lipinski definition) is 1. The number of amides is 1. The van der Waals surface area contributed by atoms with E-state index in [1.54, 1.807) is 0 Å². The van der Waals surface area contributed by atoms with Crippen LogP contribution < -0.4 is 5.73 Å². The molecule has 3 heteroatoms. The Balaban J connectivity index is 2.87. The van der Waals surface area contributed by atoms with Gasteiger partial charge in [0.2, 0.25) is 5.91 Å². The highest BCUT2D eigenvalue weighted by Crippen LogP contribution is 2.38. The average Bonchev–Trinajstić information content (AvgIpc) is 3.08. The molecule has 20 heavy (non-hydrogen) atoms. The number of carbonyl (C=O) groups is 2. The van der Waals surface area contributed by atoms with Gasteiger partial charge in [-0.1, -0.05) is 39.2 Å². The molecule has 0 unspecified atom stereocenters. The van der Waals surface area contributed by atoms with E-state index in [2.05, 4.69) is 6.58 Å². The molecule has 114 valence electrons. The minimum Gasteiger partial charge on any atom is -0.369 e. The van der Waals surface area contributed by atoms with E-state index in [-0.39, 0.29) is 23.5 Å². The largest absolute Gasteiger partial charge is 0.369 e. The molecule has 0 saturated heterocycles. The van der Waals surface area contributed by atoms with Gasteiger partial charge in [-0.05, 0) is 32.1 Å². The molecule has 0 aliphatic heterocycles. The number of allylic oxidation sites excluding steroid dienone is 1. The Morgan fingerprint density at radius 1 is 1.25 bits per heavy atom. The Hall–Kier alpha value is -1.12. The zero-order valence-corrected chi connectivity index (χ0v) is 13.4. The molecule has 2 N–H and O–H groups in total. The number of Topliss-reactive ketones (excluding diaryl/α,β-unsaturated/α-hetero) is 1. The van der Waals surface area contributed by atoms with Gasteiger partial charge in [0.1, 0.15) is 5.78 Å². The van der Waals surface area contributed by atoms with Crippen molar-refractivity contribution in [3.63, 3.8) is 0 Å². The van der Waals surface area contributed by atoms with Crippen molar-refractivity contribution in [2.24, 2.45) is 28.9 Å². The molecule has 0 aromatic carbocycles. The molecule has 1 saturated carbocycles. The SMILES string of the molecule is C=C(C)C[C@@H](C(=O)C(C)(C)C)[C@H](CCC1CC1)C(N)=O. The summed E-state index contributed by atoms with van der Waals surface area (Å²) in [7, 11) is 0. The summed E-state index contributed by atoms with van der Waals surface area (Å²) in [5.74, 6) is -0.135. The van der Waals surface area contributed by atoms with Crippen molar-refractivity contribution < 1.29 is 9.59 Å². The van der Waals surface area contributed by atoms with Gasteiger partial charge in [0.15, 0.2) is 0 Å². The first kappa shape index (κ1) is 16.9. The van der Waals surface area contributed by atoms with Crippen LogP contribution >= 0.6 is 0 Å². The van der Waals surface area contributed by atoms with Gasteiger partial charge >= 0.3 is 0 Å². The molecule has 0 heterocycles. The Morgan fingerprint density at radius 3 is 2.15 bits per heavy atom. The van der Waals surface area contributed by atoms with Gasteiger partial charge in [0, 0.05) is 17.3 Å². The van der Waals surface area contributed by atoms with Gasteiger partial charge in [-0.25, -0.2) is 0 Å². The summed E-state index contributed by atoms with van der Waals surface area (Å²) in [5, 5.41) is 0. The molecule has 0 aromatic heterocycles. The second-order valence-corrected chi connectivity index (χ2v) is 7.41. The van der Waals surface area contributed by atoms with E-state index in [0.29, 0.717) is 6.42 Å². The van der Waals surface area contributed by atoms with Crippen molar-refractivity contribution in [1.29, 1.82) is 0 Å². The molecule has 0 bridgehead atoms. The van der Waals surface area contributed by atoms with Crippen molar-refractivity contribution in [3.8, 4) is 0 Å². The third-order valence-corrected chi connectivity index (χ3v) is 4.08. The summed E-state index contributed by atoms with van der Waals surface area (Å²) < 4.78 is 0. The molecule has 1 aliphatic carbocycles. The van der Waals surface area contributed by atoms with Gasteiger partial charge in [-0.3, -0.25) is 9.59 Å². The highest BCUT2D eigenvalue weighted by Gasteiger charge is 2.38. The standard InChI is InChI=1S/C17H29NO2/c1-11(2)10-14(15(19)17(3,4)5)13(16(18)20)9-8-12-6-7-12/h12-14H,1,6-10H2,2-5H3,(H2,18,20)/t13-,14+/m0/s1. The monoisotopic (exact) mass is 279 g/mol. The molecule has 0 radical (unpaired) electrons. The average molecular weight is 279 g/mol. The molecular formula is C17H29NO2. The van der Waals surface area contributed by atoms with Crippen LogP contribution in [0.15, 0.2) is 12.2 Å². The maximum atomic E-state index is 12.7. The molecule has 1 rings (SSSR count). The van der Waals surface area contributed by atoms with Gasteiger partial charge in [0.05, 0.1) is 0 Å². The first-order chi connectivity index (χ1) is 9.12. The minimum absolute atomic E-state index is 0.125. The maximum Gasteiger partial charge on any atom is 0.221 e. The van der Waals surface area contributed by atoms with Crippen LogP contribution in [-0.4, -0.2) is 11.7 Å². The van der Waals surface area contributed by atoms with Crippen LogP contribution in [-0.2, 0) is 9.59 Å². The lowest BCUT2D eigenvalue weighted by Gasteiger charge is -2.29. The van der Waals surface area contributed by atoms with Gasteiger partial charge < -0.3 is 5.73 Å². The van der Waals surface area contributed by atoms with Crippen LogP contribution in [0.5, 0.6) is 0 Å². The quantitative estimate of drug-likeness (QED) is 0.691. The third-order valence-electron chi connectivity index (χ3n) is 4.08. The van der Waals surface area contributed by atoms with E-state index < -0.39 is 5.41 Å². The number of ketones is 1. The summed E-state index contributed by atoms with van der Waals surface area (Å²) >= 11 is 0. The lowest BCUT2D eigenvalue weighted by molar-refractivity contribution is -0.137. The van der Waals surface area contributed by atoms with E-state index in [1.807, 2.05) is 27.7 Å². The zero-order valence-electron chi connectivity index (χ0n) is 13.4. The summed E-state index contributed by atoms with van der Waals surface area (Å²) in [5.41, 5.74) is 6.06. The molecular weight excluding hydrogens is 250 g/mol. The smallest absolute Gasteiger partial charge is 0.221 e. The summed E-state index contributed by atoms with van der Waals surface area (Å²) in [6.07, 6.45) is 4.82. The van der Waals surface area contributed by atoms with Crippen LogP contribution in [0.2, 0.25) is 0 Å². The highest BCUT2D eigenvalue weighted by atomic mass is 16.1. The summed E-state index contributed by atoms with van der Waals surface area (Å²) in [4.78, 5) is 24.5. The molecule has 3 nitrogen and oxygen atoms in total. The van der Waals surface area contributed by atoms with Crippen molar-refractivity contribution in [2.75, 3.05) is 0 Å². The second-order valence-electron chi connectivity index (χ2n) is 7.41. The summed E-state index contributed by atoms with van der Waals surface area (Å²) in [6.45, 7) is 11.5. The first-order valence-corrected chi connectivity index (χ1v) is 7.61. The highest BCUT2D eigenvalue weighted by molar-refractivity contribution is 5.91. The van der Waals surface area contributed by atoms with Gasteiger partial charge in [0.25, 0.3) is 0 Å². The minimum atomic E-state index is -0.451. The molecule has 1 fully saturated rings.